The van der Waals surface area contributed by atoms with E-state index in [4.69, 9.17) is 0 Å². The summed E-state index contributed by atoms with van der Waals surface area (Å²) in [6.07, 6.45) is 0. The summed E-state index contributed by atoms with van der Waals surface area (Å²) in [6, 6.07) is 3.98. The Morgan fingerprint density at radius 2 is 2.00 bits per heavy atom. The van der Waals surface area contributed by atoms with Crippen LogP contribution in [0.4, 0.5) is 8.78 Å². The van der Waals surface area contributed by atoms with Gasteiger partial charge in [-0.05, 0) is 12.1 Å². The molecule has 1 aliphatic heterocycles. The molecular weight excluding hydrogens is 204 g/mol. The largest absolute Gasteiger partial charge is 0.300 e. The maximum atomic E-state index is 13.3. The van der Waals surface area contributed by atoms with E-state index in [2.05, 4.69) is 5.32 Å². The van der Waals surface area contributed by atoms with Gasteiger partial charge in [-0.15, -0.1) is 11.8 Å². The topological polar surface area (TPSA) is 12.0 Å². The number of nitrogens with one attached hydrogen (secondary N) is 1. The third-order valence-electron chi connectivity index (χ3n) is 2.22. The fourth-order valence-electron chi connectivity index (χ4n) is 1.53. The first-order valence-electron chi connectivity index (χ1n) is 4.51. The monoisotopic (exact) mass is 215 g/mol. The average molecular weight is 215 g/mol. The molecule has 1 fully saturated rings. The first-order valence-corrected chi connectivity index (χ1v) is 5.45. The van der Waals surface area contributed by atoms with Gasteiger partial charge >= 0.3 is 0 Å². The molecule has 2 unspecified atom stereocenters. The van der Waals surface area contributed by atoms with Gasteiger partial charge in [-0.3, -0.25) is 0 Å². The van der Waals surface area contributed by atoms with E-state index in [0.29, 0.717) is 5.25 Å². The summed E-state index contributed by atoms with van der Waals surface area (Å²) in [6.45, 7) is 2.83. The van der Waals surface area contributed by atoms with Gasteiger partial charge < -0.3 is 5.32 Å². The molecule has 14 heavy (non-hydrogen) atoms. The van der Waals surface area contributed by atoms with E-state index in [1.54, 1.807) is 11.8 Å². The van der Waals surface area contributed by atoms with Crippen LogP contribution in [0.2, 0.25) is 0 Å². The van der Waals surface area contributed by atoms with Crippen LogP contribution < -0.4 is 5.32 Å². The summed E-state index contributed by atoms with van der Waals surface area (Å²) in [4.78, 5) is 0. The van der Waals surface area contributed by atoms with Gasteiger partial charge in [-0.2, -0.15) is 0 Å². The van der Waals surface area contributed by atoms with Crippen molar-refractivity contribution in [1.82, 2.24) is 5.32 Å². The molecular formula is C10H11F2NS. The molecule has 2 rings (SSSR count). The van der Waals surface area contributed by atoms with Crippen molar-refractivity contribution < 1.29 is 8.78 Å². The van der Waals surface area contributed by atoms with Crippen LogP contribution in [0.25, 0.3) is 0 Å². The van der Waals surface area contributed by atoms with Crippen LogP contribution in [0.1, 0.15) is 17.9 Å². The first kappa shape index (κ1) is 9.93. The SMILES string of the molecule is CC1CNC(c2c(F)cccc2F)S1. The molecule has 4 heteroatoms. The zero-order chi connectivity index (χ0) is 10.1. The standard InChI is InChI=1S/C10H11F2NS/c1-6-5-13-10(14-6)9-7(11)3-2-4-8(9)12/h2-4,6,10,13H,5H2,1H3. The number of halogens is 2. The Kier molecular flexibility index (Phi) is 2.74. The number of thioether (sulfide) groups is 1. The normalized spacial score (nSPS) is 26.8. The highest BCUT2D eigenvalue weighted by molar-refractivity contribution is 8.00. The molecule has 0 spiro atoms. The minimum absolute atomic E-state index is 0.154. The average Bonchev–Trinajstić information content (AvgIpc) is 2.51. The Morgan fingerprint density at radius 3 is 2.50 bits per heavy atom. The van der Waals surface area contributed by atoms with E-state index in [1.165, 1.54) is 18.2 Å². The summed E-state index contributed by atoms with van der Waals surface area (Å²) in [5, 5.41) is 3.24. The number of hydrogen-bond acceptors (Lipinski definition) is 2. The molecule has 1 aromatic rings. The maximum absolute atomic E-state index is 13.3. The molecule has 1 aliphatic rings. The summed E-state index contributed by atoms with van der Waals surface area (Å²) < 4.78 is 26.7. The van der Waals surface area contributed by atoms with E-state index in [0.717, 1.165) is 6.54 Å². The number of rotatable bonds is 1. The summed E-state index contributed by atoms with van der Waals surface area (Å²) in [7, 11) is 0. The zero-order valence-corrected chi connectivity index (χ0v) is 8.57. The van der Waals surface area contributed by atoms with Crippen LogP contribution in [-0.2, 0) is 0 Å². The van der Waals surface area contributed by atoms with E-state index in [1.807, 2.05) is 6.92 Å². The molecule has 0 aliphatic carbocycles. The van der Waals surface area contributed by atoms with Crippen molar-refractivity contribution in [2.24, 2.45) is 0 Å². The molecule has 0 radical (unpaired) electrons. The van der Waals surface area contributed by atoms with Gasteiger partial charge in [-0.25, -0.2) is 8.78 Å². The molecule has 1 nitrogen and oxygen atoms in total. The predicted octanol–water partition coefficient (Wildman–Crippen LogP) is 2.69. The van der Waals surface area contributed by atoms with Gasteiger partial charge in [0.05, 0.1) is 10.9 Å². The minimum atomic E-state index is -0.468. The highest BCUT2D eigenvalue weighted by atomic mass is 32.2. The van der Waals surface area contributed by atoms with Crippen LogP contribution in [0.15, 0.2) is 18.2 Å². The minimum Gasteiger partial charge on any atom is -0.300 e. The van der Waals surface area contributed by atoms with Crippen LogP contribution >= 0.6 is 11.8 Å². The Hall–Kier alpha value is -0.610. The lowest BCUT2D eigenvalue weighted by Gasteiger charge is -2.11. The fraction of sp³-hybridized carbons (Fsp3) is 0.400. The predicted molar refractivity (Wildman–Crippen MR) is 54.2 cm³/mol. The maximum Gasteiger partial charge on any atom is 0.131 e. The molecule has 1 aromatic carbocycles. The Bertz CT molecular complexity index is 323. The van der Waals surface area contributed by atoms with Crippen LogP contribution in [0, 0.1) is 11.6 Å². The lowest BCUT2D eigenvalue weighted by atomic mass is 10.2. The molecule has 1 saturated heterocycles. The van der Waals surface area contributed by atoms with Crippen LogP contribution in [0.3, 0.4) is 0 Å². The van der Waals surface area contributed by atoms with Crippen LogP contribution in [0.5, 0.6) is 0 Å². The Labute approximate surface area is 85.9 Å². The second kappa shape index (κ2) is 3.87. The molecule has 1 N–H and O–H groups in total. The summed E-state index contributed by atoms with van der Waals surface area (Å²) >= 11 is 1.56. The van der Waals surface area contributed by atoms with Gasteiger partial charge in [0, 0.05) is 11.8 Å². The molecule has 0 amide bonds. The third kappa shape index (κ3) is 1.77. The van der Waals surface area contributed by atoms with Crippen molar-refractivity contribution >= 4 is 11.8 Å². The molecule has 1 heterocycles. The smallest absolute Gasteiger partial charge is 0.131 e. The van der Waals surface area contributed by atoms with E-state index in [9.17, 15) is 8.78 Å². The summed E-state index contributed by atoms with van der Waals surface area (Å²) in [5.41, 5.74) is 0.154. The lowest BCUT2D eigenvalue weighted by molar-refractivity contribution is 0.539. The van der Waals surface area contributed by atoms with E-state index in [-0.39, 0.29) is 10.9 Å². The quantitative estimate of drug-likeness (QED) is 0.773. The molecule has 0 aromatic heterocycles. The van der Waals surface area contributed by atoms with Crippen molar-refractivity contribution in [3.63, 3.8) is 0 Å². The van der Waals surface area contributed by atoms with Crippen molar-refractivity contribution in [3.05, 3.63) is 35.4 Å². The van der Waals surface area contributed by atoms with Crippen molar-refractivity contribution in [3.8, 4) is 0 Å². The van der Waals surface area contributed by atoms with Gasteiger partial charge in [0.1, 0.15) is 11.6 Å². The zero-order valence-electron chi connectivity index (χ0n) is 7.76. The van der Waals surface area contributed by atoms with Crippen molar-refractivity contribution in [1.29, 1.82) is 0 Å². The van der Waals surface area contributed by atoms with Gasteiger partial charge in [0.2, 0.25) is 0 Å². The molecule has 76 valence electrons. The lowest BCUT2D eigenvalue weighted by Crippen LogP contribution is -2.16. The van der Waals surface area contributed by atoms with Crippen molar-refractivity contribution in [2.75, 3.05) is 6.54 Å². The molecule has 2 atom stereocenters. The highest BCUT2D eigenvalue weighted by Gasteiger charge is 2.27. The highest BCUT2D eigenvalue weighted by Crippen LogP contribution is 2.36. The van der Waals surface area contributed by atoms with Crippen LogP contribution in [-0.4, -0.2) is 11.8 Å². The van der Waals surface area contributed by atoms with E-state index >= 15 is 0 Å². The number of hydrogen-bond donors (Lipinski definition) is 1. The molecule has 0 bridgehead atoms. The van der Waals surface area contributed by atoms with Gasteiger partial charge in [0.25, 0.3) is 0 Å². The first-order chi connectivity index (χ1) is 6.68. The van der Waals surface area contributed by atoms with E-state index < -0.39 is 11.6 Å². The number of benzene rings is 1. The fourth-order valence-corrected chi connectivity index (χ4v) is 2.74. The molecule has 0 saturated carbocycles. The second-order valence-electron chi connectivity index (χ2n) is 3.37. The van der Waals surface area contributed by atoms with Gasteiger partial charge in [-0.1, -0.05) is 13.0 Å². The Morgan fingerprint density at radius 1 is 1.36 bits per heavy atom. The Balaban J connectivity index is 2.31. The van der Waals surface area contributed by atoms with Crippen molar-refractivity contribution in [2.45, 2.75) is 17.5 Å². The summed E-state index contributed by atoms with van der Waals surface area (Å²) in [5.74, 6) is -0.937. The second-order valence-corrected chi connectivity index (χ2v) is 4.92. The van der Waals surface area contributed by atoms with Gasteiger partial charge in [0.15, 0.2) is 0 Å². The third-order valence-corrected chi connectivity index (χ3v) is 3.53.